The molecule has 0 radical (unpaired) electrons. The molecule has 0 N–H and O–H groups in total. The Balaban J connectivity index is 0.00000260. The van der Waals surface area contributed by atoms with E-state index in [1.807, 2.05) is 0 Å². The third-order valence-electron chi connectivity index (χ3n) is 11.1. The van der Waals surface area contributed by atoms with E-state index in [-0.39, 0.29) is 24.8 Å². The topological polar surface area (TPSA) is 0 Å². The van der Waals surface area contributed by atoms with E-state index in [1.54, 1.807) is 22.3 Å². The minimum atomic E-state index is -3.67. The first-order chi connectivity index (χ1) is 21.7. The molecular weight excluding hydrogens is 675 g/mol. The maximum Gasteiger partial charge on any atom is -0.147 e. The van der Waals surface area contributed by atoms with Crippen molar-refractivity contribution < 1.29 is 14.0 Å². The average molecular weight is 732 g/mol. The number of rotatable bonds is 8. The summed E-state index contributed by atoms with van der Waals surface area (Å²) in [5, 5.41) is 5.58. The van der Waals surface area contributed by atoms with Gasteiger partial charge in [0.05, 0.1) is 0 Å². The number of benzene rings is 4. The van der Waals surface area contributed by atoms with E-state index in [2.05, 4.69) is 171 Å². The van der Waals surface area contributed by atoms with Gasteiger partial charge in [0.1, 0.15) is 0 Å². The van der Waals surface area contributed by atoms with Crippen molar-refractivity contribution in [3.63, 3.8) is 0 Å². The van der Waals surface area contributed by atoms with Crippen LogP contribution < -0.4 is 0 Å². The fourth-order valence-electron chi connectivity index (χ4n) is 8.66. The van der Waals surface area contributed by atoms with Crippen molar-refractivity contribution in [3.05, 3.63) is 141 Å². The van der Waals surface area contributed by atoms with Gasteiger partial charge in [0, 0.05) is 0 Å². The number of hydrogen-bond acceptors (Lipinski definition) is 0. The predicted molar refractivity (Wildman–Crippen MR) is 218 cm³/mol. The third kappa shape index (κ3) is 6.68. The van der Waals surface area contributed by atoms with Crippen LogP contribution in [-0.2, 0) is 14.0 Å². The molecule has 0 fully saturated rings. The van der Waals surface area contributed by atoms with Crippen molar-refractivity contribution in [2.24, 2.45) is 0 Å². The Bertz CT molecular complexity index is 1790. The van der Waals surface area contributed by atoms with Crippen LogP contribution in [-0.4, -0.2) is 7.63 Å². The quantitative estimate of drug-likeness (QED) is 0.158. The van der Waals surface area contributed by atoms with Crippen molar-refractivity contribution in [2.45, 2.75) is 98.0 Å². The molecule has 4 aromatic rings. The number of hydrogen-bond donors (Lipinski definition) is 0. The molecule has 0 heterocycles. The maximum atomic E-state index is 2.79. The Morgan fingerprint density at radius 1 is 0.500 bits per heavy atom. The molecule has 0 saturated heterocycles. The van der Waals surface area contributed by atoms with Gasteiger partial charge in [-0.15, -0.1) is 24.8 Å². The summed E-state index contributed by atoms with van der Waals surface area (Å²) in [7, 11) is 2.46. The first-order valence-electron chi connectivity index (χ1n) is 17.6. The Labute approximate surface area is 306 Å². The molecule has 254 valence electrons. The molecule has 0 spiro atoms. The molecule has 2 atom stereocenters. The smallest absolute Gasteiger partial charge is 0.147 e. The van der Waals surface area contributed by atoms with Gasteiger partial charge in [0.25, 0.3) is 0 Å². The summed E-state index contributed by atoms with van der Waals surface area (Å²) in [6.45, 7) is 19.0. The maximum absolute atomic E-state index is 3.67. The van der Waals surface area contributed by atoms with Gasteiger partial charge in [-0.2, -0.15) is 0 Å². The molecule has 4 aromatic carbocycles. The van der Waals surface area contributed by atoms with E-state index in [1.165, 1.54) is 44.5 Å². The summed E-state index contributed by atoms with van der Waals surface area (Å²) in [5.74, 6) is 1.93. The molecule has 0 nitrogen and oxygen atoms in total. The van der Waals surface area contributed by atoms with E-state index >= 15 is 0 Å². The van der Waals surface area contributed by atoms with Crippen LogP contribution in [0.25, 0.3) is 23.3 Å². The van der Waals surface area contributed by atoms with Gasteiger partial charge in [-0.3, -0.25) is 0 Å². The molecule has 0 amide bonds. The van der Waals surface area contributed by atoms with Gasteiger partial charge in [-0.05, 0) is 0 Å². The second-order valence-electron chi connectivity index (χ2n) is 16.6. The van der Waals surface area contributed by atoms with Gasteiger partial charge < -0.3 is 0 Å². The molecule has 48 heavy (non-hydrogen) atoms. The summed E-state index contributed by atoms with van der Waals surface area (Å²) in [6, 6.07) is 33.0. The van der Waals surface area contributed by atoms with Gasteiger partial charge in [0.15, 0.2) is 0 Å². The molecule has 0 bridgehead atoms. The second-order valence-corrected chi connectivity index (χ2v) is 36.8. The van der Waals surface area contributed by atoms with E-state index in [0.717, 1.165) is 0 Å². The normalized spacial score (nSPS) is 17.2. The van der Waals surface area contributed by atoms with Gasteiger partial charge in [-0.25, -0.2) is 0 Å². The van der Waals surface area contributed by atoms with Gasteiger partial charge in [-0.1, -0.05) is 0 Å². The molecule has 4 heteroatoms. The number of halogens is 2. The molecular formula is C44H56Cl2SiTi. The van der Waals surface area contributed by atoms with Crippen molar-refractivity contribution in [2.75, 3.05) is 0 Å². The summed E-state index contributed by atoms with van der Waals surface area (Å²) in [6.07, 6.45) is 5.23. The van der Waals surface area contributed by atoms with E-state index in [4.69, 9.17) is 0 Å². The average Bonchev–Trinajstić information content (AvgIpc) is 3.61. The zero-order valence-corrected chi connectivity index (χ0v) is 35.3. The second kappa shape index (κ2) is 14.2. The summed E-state index contributed by atoms with van der Waals surface area (Å²) < 4.78 is 0.800. The van der Waals surface area contributed by atoms with Crippen LogP contribution in [0.4, 0.5) is 0 Å². The first kappa shape index (κ1) is 38.7. The molecule has 0 aliphatic heterocycles. The minimum Gasteiger partial charge on any atom is -0.147 e. The van der Waals surface area contributed by atoms with Crippen LogP contribution in [0, 0.1) is 0 Å². The van der Waals surface area contributed by atoms with Crippen molar-refractivity contribution in [1.29, 1.82) is 0 Å². The first-order valence-corrected chi connectivity index (χ1v) is 26.6. The molecule has 2 aliphatic rings. The molecule has 6 rings (SSSR count). The fraction of sp³-hybridized carbons (Fsp3) is 0.364. The largest absolute Gasteiger partial charge is 0.147 e. The van der Waals surface area contributed by atoms with Crippen molar-refractivity contribution in [3.8, 4) is 0 Å². The third-order valence-corrected chi connectivity index (χ3v) is 22.3. The van der Waals surface area contributed by atoms with Crippen LogP contribution in [0.3, 0.4) is 0 Å². The summed E-state index contributed by atoms with van der Waals surface area (Å²) in [5.41, 5.74) is 18.0. The summed E-state index contributed by atoms with van der Waals surface area (Å²) in [4.78, 5) is 0. The Morgan fingerprint density at radius 2 is 0.833 bits per heavy atom. The standard InChI is InChI=1S/2C21H23.2CH3.2ClH.H2Si.Ti/c2*1-14(2)17-10-19-11-18(16-8-6-5-7-9-16)13-21(19)20(12-17)15(3)4;;;;;;/h2*5-15H,1-4H3;2*1H3;2*1H;1H2;. The molecule has 2 unspecified atom stereocenters. The van der Waals surface area contributed by atoms with E-state index in [0.29, 0.717) is 32.1 Å². The van der Waals surface area contributed by atoms with Crippen LogP contribution in [0.1, 0.15) is 143 Å². The zero-order valence-electron chi connectivity index (χ0n) is 30.7. The van der Waals surface area contributed by atoms with Crippen LogP contribution in [0.15, 0.2) is 84.9 Å². The number of fused-ring (bicyclic) bond motifs is 2. The number of allylic oxidation sites excluding steroid dienone is 2. The Kier molecular flexibility index (Phi) is 11.5. The predicted octanol–water partition coefficient (Wildman–Crippen LogP) is 13.2. The summed E-state index contributed by atoms with van der Waals surface area (Å²) >= 11 is -3.67. The van der Waals surface area contributed by atoms with E-state index in [9.17, 15) is 0 Å². The monoisotopic (exact) mass is 730 g/mol. The Morgan fingerprint density at radius 3 is 1.12 bits per heavy atom. The van der Waals surface area contributed by atoms with Gasteiger partial charge in [0.2, 0.25) is 0 Å². The molecule has 0 saturated carbocycles. The minimum absolute atomic E-state index is 0. The van der Waals surface area contributed by atoms with Crippen molar-refractivity contribution >= 4 is 55.7 Å². The van der Waals surface area contributed by atoms with Crippen molar-refractivity contribution in [1.82, 2.24) is 0 Å². The van der Waals surface area contributed by atoms with Crippen LogP contribution >= 0.6 is 24.8 Å². The fourth-order valence-corrected chi connectivity index (χ4v) is 20.7. The zero-order chi connectivity index (χ0) is 33.2. The molecule has 2 aliphatic carbocycles. The SMILES string of the molecule is CC(C)c1cc(C(C)C)c2c(c1)[CH]([Ti]([CH3])([CH3])(=[SiH2])[CH]1C(c3ccccc3)=Cc3c(C(C)C)cc(C(C)C)cc31)C(c1ccccc1)=C2.Cl.Cl. The Hall–Kier alpha value is -2.13. The van der Waals surface area contributed by atoms with Gasteiger partial charge >= 0.3 is 283 Å². The van der Waals surface area contributed by atoms with E-state index < -0.39 is 14.0 Å². The van der Waals surface area contributed by atoms with Crippen LogP contribution in [0.2, 0.25) is 10.5 Å². The molecule has 0 aromatic heterocycles. The van der Waals surface area contributed by atoms with Crippen LogP contribution in [0.5, 0.6) is 0 Å².